The van der Waals surface area contributed by atoms with E-state index in [2.05, 4.69) is 88.6 Å². The van der Waals surface area contributed by atoms with E-state index >= 15 is 0 Å². The number of methoxy groups -OCH3 is 1. The lowest BCUT2D eigenvalue weighted by Gasteiger charge is -2.33. The lowest BCUT2D eigenvalue weighted by atomic mass is 10.0. The van der Waals surface area contributed by atoms with Gasteiger partial charge in [-0.05, 0) is 60.9 Å². The number of anilines is 2. The fourth-order valence-corrected chi connectivity index (χ4v) is 3.78. The first kappa shape index (κ1) is 19.8. The average Bonchev–Trinajstić information content (AvgIpc) is 3.35. The molecule has 1 aliphatic rings. The van der Waals surface area contributed by atoms with Crippen LogP contribution in [-0.2, 0) is 16.0 Å². The van der Waals surface area contributed by atoms with Gasteiger partial charge in [-0.1, -0.05) is 42.5 Å². The Labute approximate surface area is 177 Å². The minimum Gasteiger partial charge on any atom is -0.469 e. The molecule has 0 aliphatic heterocycles. The number of allylic oxidation sites excluding steroid dienone is 2. The number of rotatable bonds is 7. The molecule has 4 rings (SSSR count). The van der Waals surface area contributed by atoms with Crippen LogP contribution in [-0.4, -0.2) is 23.7 Å². The molecule has 1 aliphatic carbocycles. The number of hydrogen-bond donors (Lipinski definition) is 0. The van der Waals surface area contributed by atoms with Crippen molar-refractivity contribution < 1.29 is 9.53 Å². The van der Waals surface area contributed by atoms with E-state index in [-0.39, 0.29) is 12.0 Å². The maximum atomic E-state index is 11.4. The molecule has 0 radical (unpaired) electrons. The molecule has 1 unspecified atom stereocenters. The van der Waals surface area contributed by atoms with E-state index in [9.17, 15) is 4.79 Å². The van der Waals surface area contributed by atoms with E-state index in [1.54, 1.807) is 0 Å². The summed E-state index contributed by atoms with van der Waals surface area (Å²) < 4.78 is 6.88. The molecular weight excluding hydrogens is 372 g/mol. The molecule has 0 saturated carbocycles. The van der Waals surface area contributed by atoms with Crippen molar-refractivity contribution in [1.29, 1.82) is 0 Å². The van der Waals surface area contributed by atoms with Crippen LogP contribution in [0.25, 0.3) is 5.70 Å². The third-order valence-electron chi connectivity index (χ3n) is 5.39. The molecule has 0 saturated heterocycles. The number of benzene rings is 2. The second-order valence-corrected chi connectivity index (χ2v) is 7.33. The first-order valence-electron chi connectivity index (χ1n) is 10.3. The van der Waals surface area contributed by atoms with E-state index in [0.29, 0.717) is 12.8 Å². The quantitative estimate of drug-likeness (QED) is 0.486. The number of carbonyl (C=O) groups is 1. The fraction of sp³-hybridized carbons (Fsp3) is 0.192. The molecule has 1 heterocycles. The van der Waals surface area contributed by atoms with Crippen molar-refractivity contribution in [1.82, 2.24) is 4.57 Å². The molecule has 0 fully saturated rings. The Morgan fingerprint density at radius 3 is 2.33 bits per heavy atom. The van der Waals surface area contributed by atoms with Crippen molar-refractivity contribution in [2.45, 2.75) is 25.3 Å². The summed E-state index contributed by atoms with van der Waals surface area (Å²) in [5.74, 6) is -0.178. The molecule has 0 bridgehead atoms. The third-order valence-corrected chi connectivity index (χ3v) is 5.39. The topological polar surface area (TPSA) is 34.5 Å². The van der Waals surface area contributed by atoms with Crippen molar-refractivity contribution in [3.05, 3.63) is 103 Å². The zero-order valence-corrected chi connectivity index (χ0v) is 17.1. The molecule has 1 aromatic heterocycles. The van der Waals surface area contributed by atoms with Gasteiger partial charge < -0.3 is 14.2 Å². The highest BCUT2D eigenvalue weighted by Gasteiger charge is 2.20. The zero-order valence-electron chi connectivity index (χ0n) is 17.1. The van der Waals surface area contributed by atoms with Gasteiger partial charge in [0.15, 0.2) is 0 Å². The number of esters is 1. The van der Waals surface area contributed by atoms with Gasteiger partial charge in [0.2, 0.25) is 0 Å². The number of aryl methyl sites for hydroxylation is 1. The van der Waals surface area contributed by atoms with Gasteiger partial charge in [0.25, 0.3) is 0 Å². The van der Waals surface area contributed by atoms with Gasteiger partial charge in [-0.25, -0.2) is 0 Å². The molecule has 3 aromatic rings. The molecule has 30 heavy (non-hydrogen) atoms. The Morgan fingerprint density at radius 1 is 1.00 bits per heavy atom. The minimum atomic E-state index is -0.178. The van der Waals surface area contributed by atoms with Gasteiger partial charge in [0.1, 0.15) is 0 Å². The van der Waals surface area contributed by atoms with Crippen LogP contribution in [0.2, 0.25) is 0 Å². The van der Waals surface area contributed by atoms with Crippen LogP contribution in [0.1, 0.15) is 18.4 Å². The largest absolute Gasteiger partial charge is 0.469 e. The maximum absolute atomic E-state index is 11.4. The Balaban J connectivity index is 1.56. The minimum absolute atomic E-state index is 0.178. The summed E-state index contributed by atoms with van der Waals surface area (Å²) in [5, 5.41) is 0. The van der Waals surface area contributed by atoms with Crippen molar-refractivity contribution in [3.63, 3.8) is 0 Å². The maximum Gasteiger partial charge on any atom is 0.305 e. The van der Waals surface area contributed by atoms with E-state index < -0.39 is 0 Å². The highest BCUT2D eigenvalue weighted by Crippen LogP contribution is 2.32. The lowest BCUT2D eigenvalue weighted by molar-refractivity contribution is -0.140. The summed E-state index contributed by atoms with van der Waals surface area (Å²) >= 11 is 0. The Bertz CT molecular complexity index is 1020. The summed E-state index contributed by atoms with van der Waals surface area (Å²) in [7, 11) is 1.43. The van der Waals surface area contributed by atoms with E-state index in [1.807, 2.05) is 18.2 Å². The Morgan fingerprint density at radius 2 is 1.70 bits per heavy atom. The first-order valence-corrected chi connectivity index (χ1v) is 10.3. The Kier molecular flexibility index (Phi) is 6.14. The summed E-state index contributed by atoms with van der Waals surface area (Å²) in [5.41, 5.74) is 4.62. The van der Waals surface area contributed by atoms with Crippen molar-refractivity contribution >= 4 is 23.0 Å². The molecule has 4 nitrogen and oxygen atoms in total. The number of ether oxygens (including phenoxy) is 1. The standard InChI is InChI=1S/C26H26N2O2/c1-30-26(29)18-11-21-9-12-24(13-10-21)28(23-7-3-2-4-8-23)25-16-14-22(15-17-25)27-19-5-6-20-27/h2-10,12-16,19-20,25H,11,17-18H2,1H3. The lowest BCUT2D eigenvalue weighted by Crippen LogP contribution is -2.30. The molecule has 1 atom stereocenters. The second-order valence-electron chi connectivity index (χ2n) is 7.33. The SMILES string of the molecule is COC(=O)CCc1ccc(N(c2ccccc2)C2C=CC(n3cccc3)=CC2)cc1. The molecule has 2 aromatic carbocycles. The number of carbonyl (C=O) groups excluding carboxylic acids is 1. The molecular formula is C26H26N2O2. The molecule has 0 spiro atoms. The predicted molar refractivity (Wildman–Crippen MR) is 122 cm³/mol. The Hall–Kier alpha value is -3.53. The van der Waals surface area contributed by atoms with Crippen LogP contribution in [0.5, 0.6) is 0 Å². The van der Waals surface area contributed by atoms with Crippen LogP contribution in [0.4, 0.5) is 11.4 Å². The van der Waals surface area contributed by atoms with Crippen LogP contribution in [0.15, 0.2) is 97.4 Å². The molecule has 4 heteroatoms. The van der Waals surface area contributed by atoms with Gasteiger partial charge in [-0.15, -0.1) is 0 Å². The average molecular weight is 399 g/mol. The monoisotopic (exact) mass is 398 g/mol. The van der Waals surface area contributed by atoms with Gasteiger partial charge in [-0.2, -0.15) is 0 Å². The summed E-state index contributed by atoms with van der Waals surface area (Å²) in [4.78, 5) is 13.8. The smallest absolute Gasteiger partial charge is 0.305 e. The highest BCUT2D eigenvalue weighted by atomic mass is 16.5. The van der Waals surface area contributed by atoms with Crippen LogP contribution >= 0.6 is 0 Å². The zero-order chi connectivity index (χ0) is 20.8. The van der Waals surface area contributed by atoms with Crippen LogP contribution in [0.3, 0.4) is 0 Å². The van der Waals surface area contributed by atoms with Gasteiger partial charge in [0, 0.05) is 35.9 Å². The van der Waals surface area contributed by atoms with Crippen LogP contribution in [0, 0.1) is 0 Å². The van der Waals surface area contributed by atoms with Gasteiger partial charge in [-0.3, -0.25) is 4.79 Å². The van der Waals surface area contributed by atoms with Gasteiger partial charge in [0.05, 0.1) is 13.2 Å². The van der Waals surface area contributed by atoms with Crippen molar-refractivity contribution in [3.8, 4) is 0 Å². The second kappa shape index (κ2) is 9.31. The third kappa shape index (κ3) is 4.54. The molecule has 152 valence electrons. The van der Waals surface area contributed by atoms with E-state index in [1.165, 1.54) is 12.8 Å². The normalized spacial score (nSPS) is 15.5. The van der Waals surface area contributed by atoms with Crippen LogP contribution < -0.4 is 4.90 Å². The first-order chi connectivity index (χ1) is 14.7. The van der Waals surface area contributed by atoms with Gasteiger partial charge >= 0.3 is 5.97 Å². The fourth-order valence-electron chi connectivity index (χ4n) is 3.78. The van der Waals surface area contributed by atoms with Crippen molar-refractivity contribution in [2.75, 3.05) is 12.0 Å². The van der Waals surface area contributed by atoms with E-state index in [4.69, 9.17) is 4.74 Å². The number of hydrogen-bond acceptors (Lipinski definition) is 3. The highest BCUT2D eigenvalue weighted by molar-refractivity contribution is 5.70. The molecule has 0 amide bonds. The number of aromatic nitrogens is 1. The van der Waals surface area contributed by atoms with E-state index in [0.717, 1.165) is 23.4 Å². The molecule has 0 N–H and O–H groups in total. The summed E-state index contributed by atoms with van der Waals surface area (Å²) in [6.07, 6.45) is 12.9. The number of nitrogens with zero attached hydrogens (tertiary/aromatic N) is 2. The van der Waals surface area contributed by atoms with Crippen molar-refractivity contribution in [2.24, 2.45) is 0 Å². The summed E-state index contributed by atoms with van der Waals surface area (Å²) in [6.45, 7) is 0. The summed E-state index contributed by atoms with van der Waals surface area (Å²) in [6, 6.07) is 23.2. The predicted octanol–water partition coefficient (Wildman–Crippen LogP) is 5.60. The number of para-hydroxylation sites is 1.